The van der Waals surface area contributed by atoms with Crippen LogP contribution in [0.15, 0.2) is 48.5 Å². The van der Waals surface area contributed by atoms with Crippen molar-refractivity contribution >= 4 is 44.6 Å². The second-order valence-electron chi connectivity index (χ2n) is 7.04. The number of amides is 1. The molecule has 2 unspecified atom stereocenters. The van der Waals surface area contributed by atoms with Crippen LogP contribution in [0.4, 0.5) is 16.2 Å². The van der Waals surface area contributed by atoms with Crippen molar-refractivity contribution in [2.24, 2.45) is 0 Å². The van der Waals surface area contributed by atoms with Gasteiger partial charge in [0.25, 0.3) is 0 Å². The molecule has 2 aliphatic rings. The average Bonchev–Trinajstić information content (AvgIpc) is 3.12. The molecule has 2 aliphatic heterocycles. The smallest absolute Gasteiger partial charge is 0.411 e. The molecule has 152 valence electrons. The summed E-state index contributed by atoms with van der Waals surface area (Å²) in [7, 11) is -3.04. The molecule has 0 saturated carbocycles. The van der Waals surface area contributed by atoms with E-state index in [0.29, 0.717) is 17.4 Å². The Bertz CT molecular complexity index is 1040. The van der Waals surface area contributed by atoms with E-state index in [9.17, 15) is 13.2 Å². The summed E-state index contributed by atoms with van der Waals surface area (Å²) in [6, 6.07) is 15.0. The van der Waals surface area contributed by atoms with Crippen molar-refractivity contribution in [3.63, 3.8) is 0 Å². The fourth-order valence-corrected chi connectivity index (χ4v) is 6.04. The largest absolute Gasteiger partial charge is 0.450 e. The number of hydrogen-bond donors (Lipinski definition) is 2. The number of anilines is 2. The van der Waals surface area contributed by atoms with Crippen LogP contribution < -0.4 is 15.5 Å². The minimum Gasteiger partial charge on any atom is -0.450 e. The van der Waals surface area contributed by atoms with E-state index in [4.69, 9.17) is 17.0 Å². The van der Waals surface area contributed by atoms with Crippen molar-refractivity contribution in [1.29, 1.82) is 0 Å². The van der Waals surface area contributed by atoms with E-state index in [1.54, 1.807) is 6.92 Å². The molecule has 2 fully saturated rings. The Balaban J connectivity index is 1.49. The zero-order valence-electron chi connectivity index (χ0n) is 15.8. The number of sulfone groups is 1. The minimum absolute atomic E-state index is 0.113. The van der Waals surface area contributed by atoms with E-state index in [1.807, 2.05) is 53.4 Å². The summed E-state index contributed by atoms with van der Waals surface area (Å²) in [4.78, 5) is 13.4. The average molecular weight is 432 g/mol. The molecule has 2 saturated heterocycles. The van der Waals surface area contributed by atoms with Gasteiger partial charge in [-0.25, -0.2) is 13.2 Å². The number of fused-ring (bicyclic) bond motifs is 1. The van der Waals surface area contributed by atoms with Crippen molar-refractivity contribution in [1.82, 2.24) is 5.32 Å². The molecule has 0 aliphatic carbocycles. The van der Waals surface area contributed by atoms with Gasteiger partial charge >= 0.3 is 6.09 Å². The lowest BCUT2D eigenvalue weighted by Crippen LogP contribution is -2.36. The number of ether oxygens (including phenoxy) is 1. The molecule has 0 bridgehead atoms. The van der Waals surface area contributed by atoms with Crippen molar-refractivity contribution in [2.45, 2.75) is 19.0 Å². The van der Waals surface area contributed by atoms with Crippen LogP contribution in [0, 0.1) is 0 Å². The molecule has 1 amide bonds. The third-order valence-corrected chi connectivity index (χ3v) is 7.10. The zero-order valence-corrected chi connectivity index (χ0v) is 17.4. The van der Waals surface area contributed by atoms with Gasteiger partial charge in [-0.15, -0.1) is 0 Å². The molecule has 9 heteroatoms. The molecule has 2 atom stereocenters. The lowest BCUT2D eigenvalue weighted by Gasteiger charge is -2.23. The molecule has 29 heavy (non-hydrogen) atoms. The predicted octanol–water partition coefficient (Wildman–Crippen LogP) is 2.78. The molecule has 2 aromatic rings. The van der Waals surface area contributed by atoms with Crippen LogP contribution in [-0.4, -0.2) is 49.8 Å². The zero-order chi connectivity index (χ0) is 20.6. The fraction of sp³-hybridized carbons (Fsp3) is 0.300. The second-order valence-corrected chi connectivity index (χ2v) is 9.58. The Morgan fingerprint density at radius 2 is 1.76 bits per heavy atom. The van der Waals surface area contributed by atoms with Gasteiger partial charge in [-0.1, -0.05) is 24.3 Å². The second kappa shape index (κ2) is 7.64. The maximum Gasteiger partial charge on any atom is 0.411 e. The first-order valence-electron chi connectivity index (χ1n) is 9.31. The summed E-state index contributed by atoms with van der Waals surface area (Å²) in [5.41, 5.74) is 3.53. The van der Waals surface area contributed by atoms with Crippen LogP contribution in [0.25, 0.3) is 11.1 Å². The highest BCUT2D eigenvalue weighted by molar-refractivity contribution is 7.91. The van der Waals surface area contributed by atoms with Crippen molar-refractivity contribution in [2.75, 3.05) is 28.3 Å². The van der Waals surface area contributed by atoms with Gasteiger partial charge in [0, 0.05) is 11.4 Å². The van der Waals surface area contributed by atoms with Crippen LogP contribution in [0.3, 0.4) is 0 Å². The van der Waals surface area contributed by atoms with E-state index in [1.165, 1.54) is 0 Å². The Labute approximate surface area is 175 Å². The number of rotatable bonds is 4. The maximum absolute atomic E-state index is 12.0. The summed E-state index contributed by atoms with van der Waals surface area (Å²) in [5, 5.41) is 6.36. The van der Waals surface area contributed by atoms with Crippen LogP contribution in [-0.2, 0) is 14.6 Å². The van der Waals surface area contributed by atoms with Gasteiger partial charge in [0.1, 0.15) is 0 Å². The van der Waals surface area contributed by atoms with Crippen LogP contribution in [0.5, 0.6) is 0 Å². The van der Waals surface area contributed by atoms with Gasteiger partial charge in [-0.2, -0.15) is 0 Å². The third-order valence-electron chi connectivity index (χ3n) is 5.07. The number of hydrogen-bond acceptors (Lipinski definition) is 5. The topological polar surface area (TPSA) is 87.7 Å². The first-order chi connectivity index (χ1) is 13.9. The molecular formula is C20H21N3O4S2. The lowest BCUT2D eigenvalue weighted by atomic mass is 10.0. The molecule has 2 heterocycles. The summed E-state index contributed by atoms with van der Waals surface area (Å²) in [5.74, 6) is 0.236. The lowest BCUT2D eigenvalue weighted by molar-refractivity contribution is 0.168. The summed E-state index contributed by atoms with van der Waals surface area (Å²) >= 11 is 5.42. The normalized spacial score (nSPS) is 22.1. The van der Waals surface area contributed by atoms with Crippen molar-refractivity contribution in [3.05, 3.63) is 48.5 Å². The number of nitrogens with one attached hydrogen (secondary N) is 2. The molecule has 7 nitrogen and oxygen atoms in total. The van der Waals surface area contributed by atoms with Gasteiger partial charge in [0.2, 0.25) is 0 Å². The van der Waals surface area contributed by atoms with E-state index >= 15 is 0 Å². The Morgan fingerprint density at radius 1 is 1.14 bits per heavy atom. The molecule has 0 spiro atoms. The first kappa shape index (κ1) is 19.7. The number of carbonyl (C=O) groups is 1. The summed E-state index contributed by atoms with van der Waals surface area (Å²) < 4.78 is 28.8. The molecular weight excluding hydrogens is 410 g/mol. The Morgan fingerprint density at radius 3 is 2.38 bits per heavy atom. The molecule has 2 N–H and O–H groups in total. The van der Waals surface area contributed by atoms with E-state index in [-0.39, 0.29) is 23.6 Å². The number of benzene rings is 2. The maximum atomic E-state index is 12.0. The number of nitrogens with zero attached hydrogens (tertiary/aromatic N) is 1. The van der Waals surface area contributed by atoms with Crippen molar-refractivity contribution in [3.8, 4) is 11.1 Å². The summed E-state index contributed by atoms with van der Waals surface area (Å²) in [6.45, 7) is 2.07. The summed E-state index contributed by atoms with van der Waals surface area (Å²) in [6.07, 6.45) is -0.480. The van der Waals surface area contributed by atoms with Crippen molar-refractivity contribution < 1.29 is 17.9 Å². The molecule has 4 rings (SSSR count). The quantitative estimate of drug-likeness (QED) is 0.720. The van der Waals surface area contributed by atoms with E-state index < -0.39 is 15.9 Å². The number of thiocarbonyl (C=S) groups is 1. The number of carbonyl (C=O) groups excluding carboxylic acids is 1. The predicted molar refractivity (Wildman–Crippen MR) is 117 cm³/mol. The van der Waals surface area contributed by atoms with Crippen LogP contribution in [0.1, 0.15) is 6.92 Å². The van der Waals surface area contributed by atoms with Gasteiger partial charge in [-0.3, -0.25) is 5.32 Å². The standard InChI is InChI=1S/C20H21N3O4S2/c1-2-27-20(24)21-15-7-3-13(4-8-15)14-5-9-16(10-6-14)23-18-12-29(25,26)11-17(18)22-19(23)28/h3-10,17-18H,2,11-12H2,1H3,(H,21,24)(H,22,28). The highest BCUT2D eigenvalue weighted by atomic mass is 32.2. The van der Waals surface area contributed by atoms with Gasteiger partial charge in [-0.05, 0) is 54.5 Å². The van der Waals surface area contributed by atoms with Gasteiger partial charge < -0.3 is 15.0 Å². The molecule has 2 aromatic carbocycles. The molecule has 0 aromatic heterocycles. The van der Waals surface area contributed by atoms with Crippen LogP contribution in [0.2, 0.25) is 0 Å². The van der Waals surface area contributed by atoms with Gasteiger partial charge in [0.15, 0.2) is 14.9 Å². The first-order valence-corrected chi connectivity index (χ1v) is 11.5. The SMILES string of the molecule is CCOC(=O)Nc1ccc(-c2ccc(N3C(=S)NC4CS(=O)(=O)CC43)cc2)cc1. The monoisotopic (exact) mass is 431 g/mol. The van der Waals surface area contributed by atoms with E-state index in [2.05, 4.69) is 10.6 Å². The highest BCUT2D eigenvalue weighted by Gasteiger charge is 2.47. The van der Waals surface area contributed by atoms with E-state index in [0.717, 1.165) is 16.8 Å². The fourth-order valence-electron chi connectivity index (χ4n) is 3.75. The third kappa shape index (κ3) is 4.06. The minimum atomic E-state index is -3.04. The van der Waals surface area contributed by atoms with Crippen LogP contribution >= 0.6 is 12.2 Å². The van der Waals surface area contributed by atoms with Gasteiger partial charge in [0.05, 0.1) is 30.2 Å². The Kier molecular flexibility index (Phi) is 5.18. The Hall–Kier alpha value is -2.65. The molecule has 0 radical (unpaired) electrons. The highest BCUT2D eigenvalue weighted by Crippen LogP contribution is 2.31.